The lowest BCUT2D eigenvalue weighted by atomic mass is 9.51. The Bertz CT molecular complexity index is 4760. The maximum absolute atomic E-state index is 13.1. The van der Waals surface area contributed by atoms with Crippen LogP contribution >= 0.6 is 22.7 Å². The van der Waals surface area contributed by atoms with Gasteiger partial charge in [0.2, 0.25) is 12.3 Å². The predicted molar refractivity (Wildman–Crippen MR) is 470 cm³/mol. The number of fused-ring (bicyclic) bond motifs is 4. The third-order valence-electron chi connectivity index (χ3n) is 21.2. The first kappa shape index (κ1) is 120. The molecule has 3 fully saturated rings. The molecule has 756 valence electrons. The Morgan fingerprint density at radius 3 is 1.27 bits per heavy atom. The molecule has 6 heterocycles. The number of pyridine rings is 2. The molecule has 13 rings (SSSR count). The molecule has 2 bridgehead atoms. The SMILES string of the molecule is CC(C)C12CCC(C(F)F)(CC1)CC2.CC(C)c1ccc(C(F)(F)F)c(F)c1.CC(C)c1ccc(C(F)(F)F)cc1F.CC(C)c1ccc(C(F)F)nc1.CC(C)c1ccc(OC(F)(F)F)c(F)c1.CC(C)c1ccc2c(c1)OC(F)(F)O2.CC(C)c1cnc(C(F)F)cn1.CC(C)c1csc(C(F)(F)F)n1.CC(C)c1nc(C(F)(F)F)cs1.COCCCOc1nc(C)ccc1C(C)C. The van der Waals surface area contributed by atoms with Crippen LogP contribution in [0.1, 0.15) is 338 Å². The molecular weight excluding hydrogens is 1880 g/mol. The number of nitrogens with zero attached hydrogens (tertiary/aromatic N) is 6. The molecule has 11 nitrogen and oxygen atoms in total. The summed E-state index contributed by atoms with van der Waals surface area (Å²) < 4.78 is 341. The first-order valence-corrected chi connectivity index (χ1v) is 44.8. The molecule has 0 spiro atoms. The van der Waals surface area contributed by atoms with Crippen LogP contribution in [0.2, 0.25) is 0 Å². The highest BCUT2D eigenvalue weighted by Gasteiger charge is 2.54. The second-order valence-electron chi connectivity index (χ2n) is 34.8. The number of alkyl halides is 23. The van der Waals surface area contributed by atoms with Crippen LogP contribution in [0.4, 0.5) is 114 Å². The highest BCUT2D eigenvalue weighted by atomic mass is 32.1. The zero-order valence-corrected chi connectivity index (χ0v) is 80.5. The third-order valence-corrected chi connectivity index (χ3v) is 23.2. The van der Waals surface area contributed by atoms with Gasteiger partial charge in [-0.3, -0.25) is 15.0 Å². The van der Waals surface area contributed by atoms with E-state index in [-0.39, 0.29) is 64.3 Å². The van der Waals surface area contributed by atoms with Crippen molar-refractivity contribution in [3.8, 4) is 23.1 Å². The van der Waals surface area contributed by atoms with E-state index in [2.05, 4.69) is 77.9 Å². The summed E-state index contributed by atoms with van der Waals surface area (Å²) in [5.74, 6) is -0.807. The van der Waals surface area contributed by atoms with Gasteiger partial charge in [0, 0.05) is 65.9 Å². The number of aromatic nitrogens is 6. The Morgan fingerprint density at radius 2 is 0.889 bits per heavy atom. The van der Waals surface area contributed by atoms with Gasteiger partial charge >= 0.3 is 37.4 Å². The molecule has 39 heteroatoms. The van der Waals surface area contributed by atoms with Crippen molar-refractivity contribution in [2.24, 2.45) is 16.7 Å². The van der Waals surface area contributed by atoms with E-state index in [9.17, 15) is 114 Å². The largest absolute Gasteiger partial charge is 0.586 e. The van der Waals surface area contributed by atoms with Crippen molar-refractivity contribution in [3.05, 3.63) is 233 Å². The van der Waals surface area contributed by atoms with Gasteiger partial charge in [-0.05, 0) is 193 Å². The first-order valence-electron chi connectivity index (χ1n) is 43.1. The van der Waals surface area contributed by atoms with Gasteiger partial charge in [-0.2, -0.15) is 52.7 Å². The van der Waals surface area contributed by atoms with Gasteiger partial charge < -0.3 is 23.7 Å². The predicted octanol–water partition coefficient (Wildman–Crippen LogP) is 34.3. The average molecular weight is 1990 g/mol. The molecule has 3 aliphatic carbocycles. The van der Waals surface area contributed by atoms with Crippen molar-refractivity contribution in [2.75, 3.05) is 20.3 Å². The molecule has 0 unspecified atom stereocenters. The molecule has 0 N–H and O–H groups in total. The van der Waals surface area contributed by atoms with Crippen molar-refractivity contribution >= 4 is 22.7 Å². The summed E-state index contributed by atoms with van der Waals surface area (Å²) in [6, 6.07) is 21.1. The molecule has 0 saturated heterocycles. The average Bonchev–Trinajstić information content (AvgIpc) is 1.73. The van der Waals surface area contributed by atoms with Gasteiger partial charge in [-0.1, -0.05) is 175 Å². The lowest BCUT2D eigenvalue weighted by Gasteiger charge is -2.55. The molecule has 4 aromatic carbocycles. The van der Waals surface area contributed by atoms with E-state index in [1.54, 1.807) is 53.0 Å². The van der Waals surface area contributed by atoms with Gasteiger partial charge in [0.15, 0.2) is 33.8 Å². The van der Waals surface area contributed by atoms with Gasteiger partial charge in [0.05, 0.1) is 40.3 Å². The first-order chi connectivity index (χ1) is 62.1. The molecule has 4 aliphatic rings. The normalized spacial score (nSPS) is 15.6. The summed E-state index contributed by atoms with van der Waals surface area (Å²) in [4.78, 5) is 22.5. The lowest BCUT2D eigenvalue weighted by Crippen LogP contribution is -2.47. The second kappa shape index (κ2) is 53.1. The Morgan fingerprint density at radius 1 is 0.407 bits per heavy atom. The number of halogens is 26. The zero-order valence-electron chi connectivity index (χ0n) is 78.9. The van der Waals surface area contributed by atoms with Gasteiger partial charge in [-0.25, -0.2) is 54.5 Å². The van der Waals surface area contributed by atoms with Crippen molar-refractivity contribution < 1.29 is 138 Å². The van der Waals surface area contributed by atoms with Crippen LogP contribution < -0.4 is 18.9 Å². The van der Waals surface area contributed by atoms with Crippen LogP contribution in [0.5, 0.6) is 23.1 Å². The minimum absolute atomic E-state index is 0.0202. The Kier molecular flexibility index (Phi) is 47.2. The molecule has 0 atom stereocenters. The molecule has 0 amide bonds. The number of methoxy groups -OCH3 is 1. The highest BCUT2D eigenvalue weighted by Crippen LogP contribution is 2.62. The van der Waals surface area contributed by atoms with Gasteiger partial charge in [-0.15, -0.1) is 44.6 Å². The number of hydrogen-bond donors (Lipinski definition) is 0. The number of rotatable bonds is 19. The van der Waals surface area contributed by atoms with Crippen LogP contribution in [0.15, 0.2) is 126 Å². The van der Waals surface area contributed by atoms with Gasteiger partial charge in [0.1, 0.15) is 23.0 Å². The fraction of sp³-hybridized carbons (Fsp3) is 0.542. The topological polar surface area (TPSA) is 123 Å². The van der Waals surface area contributed by atoms with Crippen molar-refractivity contribution in [1.82, 2.24) is 29.9 Å². The fourth-order valence-corrected chi connectivity index (χ4v) is 14.3. The van der Waals surface area contributed by atoms with Crippen LogP contribution in [0.25, 0.3) is 0 Å². The second-order valence-corrected chi connectivity index (χ2v) is 36.6. The number of benzene rings is 4. The molecular formula is C96H118F26N6O5S2. The Balaban J connectivity index is 0.000000387. The van der Waals surface area contributed by atoms with E-state index < -0.39 is 107 Å². The minimum atomic E-state index is -4.86. The molecule has 1 aliphatic heterocycles. The van der Waals surface area contributed by atoms with Crippen LogP contribution in [0.3, 0.4) is 0 Å². The third kappa shape index (κ3) is 40.4. The van der Waals surface area contributed by atoms with Crippen molar-refractivity contribution in [3.63, 3.8) is 0 Å². The van der Waals surface area contributed by atoms with Crippen molar-refractivity contribution in [1.29, 1.82) is 0 Å². The lowest BCUT2D eigenvalue weighted by molar-refractivity contribution is -0.286. The van der Waals surface area contributed by atoms with Crippen LogP contribution in [0, 0.1) is 41.1 Å². The van der Waals surface area contributed by atoms with E-state index in [1.807, 2.05) is 96.1 Å². The minimum Gasteiger partial charge on any atom is -0.477 e. The summed E-state index contributed by atoms with van der Waals surface area (Å²) in [5, 5.41) is 2.27. The quantitative estimate of drug-likeness (QED) is 0.0568. The molecule has 9 aromatic rings. The van der Waals surface area contributed by atoms with E-state index >= 15 is 0 Å². The van der Waals surface area contributed by atoms with E-state index in [4.69, 9.17) is 9.47 Å². The molecule has 5 aromatic heterocycles. The maximum Gasteiger partial charge on any atom is 0.586 e. The summed E-state index contributed by atoms with van der Waals surface area (Å²) >= 11 is 1.70. The van der Waals surface area contributed by atoms with Gasteiger partial charge in [0.25, 0.3) is 12.9 Å². The summed E-state index contributed by atoms with van der Waals surface area (Å²) in [6.45, 7) is 41.9. The smallest absolute Gasteiger partial charge is 0.477 e. The Hall–Kier alpha value is -9.14. The zero-order chi connectivity index (χ0) is 103. The molecule has 0 radical (unpaired) electrons. The monoisotopic (exact) mass is 1990 g/mol. The van der Waals surface area contributed by atoms with Crippen molar-refractivity contribution in [2.45, 2.75) is 300 Å². The summed E-state index contributed by atoms with van der Waals surface area (Å²) in [5.41, 5.74) is 3.31. The maximum atomic E-state index is 13.1. The fourth-order valence-electron chi connectivity index (χ4n) is 12.6. The van der Waals surface area contributed by atoms with E-state index in [0.717, 1.165) is 133 Å². The van der Waals surface area contributed by atoms with E-state index in [1.165, 1.54) is 53.7 Å². The molecule has 135 heavy (non-hydrogen) atoms. The Labute approximate surface area is 779 Å². The van der Waals surface area contributed by atoms with Crippen LogP contribution in [-0.2, 0) is 29.4 Å². The summed E-state index contributed by atoms with van der Waals surface area (Å²) in [7, 11) is 1.70. The van der Waals surface area contributed by atoms with Crippen LogP contribution in [-0.4, -0.2) is 69.3 Å². The van der Waals surface area contributed by atoms with E-state index in [0.29, 0.717) is 74.6 Å². The number of thiazole rings is 2. The molecule has 3 saturated carbocycles. The highest BCUT2D eigenvalue weighted by molar-refractivity contribution is 7.10. The number of ether oxygens (including phenoxy) is 5. The number of aryl methyl sites for hydroxylation is 1. The summed E-state index contributed by atoms with van der Waals surface area (Å²) in [6.07, 6.45) is -22.8. The number of hydrogen-bond acceptors (Lipinski definition) is 13. The standard InChI is InChI=1S/C13H21NO2.C12H20F2.C10H10F4O.2C10H10F4.C10H10F2O2.C9H11F2N.C8H10F2N2.2C7H8F3NS/c1-10(2)12-7-6-11(3)14-13(12)16-9-5-8-15-4;1-9(2)11-3-6-12(7-4-11,8-5-11)10(13)14;1-6(2)7-3-4-9(8(11)5-7)15-10(12,13)14;1-6(2)8-4-3-7(5-9(8)11)10(12,13)14;1-6(2)7-3-4-8(9(11)5-7)10(12,13)14;1-6(2)7-3-4-8-9(5-7)14-10(11,12)13-8;1-6(2)7-3-4-8(9(10)11)12-5-7;1-5(2)6-3-12-7(4-11-6)8(9)10;1-4(2)6-11-5(3-12-6)7(8,9)10;1-4(2)5-3-12-6(11-5)7(8,9)10/h6-7,10H,5,8-9H2,1-4H3;9-10H,3-8H2,1-2H3;3-6H,1-2H3;3*3-6H,1-2H3;3-6,9H,1-2H3;3-5,8H,1-2H3;2*3-4H,1-2H3.